The molecule has 0 spiro atoms. The minimum atomic E-state index is -1.64. The largest absolute Gasteiger partial charge is 0.110 e. The summed E-state index contributed by atoms with van der Waals surface area (Å²) in [6, 6.07) is 26.6. The molecule has 0 saturated heterocycles. The van der Waals surface area contributed by atoms with Crippen LogP contribution in [0.5, 0.6) is 0 Å². The lowest BCUT2D eigenvalue weighted by atomic mass is 10.2. The van der Waals surface area contributed by atoms with E-state index in [4.69, 9.17) is 0 Å². The van der Waals surface area contributed by atoms with Crippen LogP contribution in [-0.2, 0) is 0 Å². The molecular formula is C22H24P+. The average Bonchev–Trinajstić information content (AvgIpc) is 2.55. The molecule has 0 N–H and O–H groups in total. The van der Waals surface area contributed by atoms with Crippen molar-refractivity contribution < 1.29 is 0 Å². The average molecular weight is 319 g/mol. The number of aryl methyl sites for hydroxylation is 3. The summed E-state index contributed by atoms with van der Waals surface area (Å²) in [6.45, 7) is 9.19. The first kappa shape index (κ1) is 16.0. The van der Waals surface area contributed by atoms with Gasteiger partial charge in [0, 0.05) is 0 Å². The Bertz CT molecular complexity index is 722. The van der Waals surface area contributed by atoms with E-state index in [0.717, 1.165) is 0 Å². The Kier molecular flexibility index (Phi) is 4.37. The van der Waals surface area contributed by atoms with E-state index >= 15 is 0 Å². The molecule has 0 aliphatic heterocycles. The maximum absolute atomic E-state index is 2.47. The van der Waals surface area contributed by atoms with Crippen LogP contribution in [0.25, 0.3) is 0 Å². The van der Waals surface area contributed by atoms with Gasteiger partial charge in [0.25, 0.3) is 0 Å². The second-order valence-electron chi connectivity index (χ2n) is 6.37. The molecule has 3 aromatic rings. The molecule has 0 nitrogen and oxygen atoms in total. The number of hydrogen-bond acceptors (Lipinski definition) is 0. The molecule has 0 atom stereocenters. The van der Waals surface area contributed by atoms with Crippen LogP contribution in [0.1, 0.15) is 16.7 Å². The van der Waals surface area contributed by atoms with E-state index < -0.39 is 7.26 Å². The van der Waals surface area contributed by atoms with Crippen molar-refractivity contribution in [2.45, 2.75) is 20.8 Å². The molecule has 23 heavy (non-hydrogen) atoms. The van der Waals surface area contributed by atoms with Crippen molar-refractivity contribution in [2.75, 3.05) is 6.66 Å². The maximum atomic E-state index is 2.47. The first-order valence-corrected chi connectivity index (χ1v) is 10.3. The van der Waals surface area contributed by atoms with Crippen LogP contribution in [-0.4, -0.2) is 6.66 Å². The van der Waals surface area contributed by atoms with Crippen molar-refractivity contribution in [3.63, 3.8) is 0 Å². The van der Waals surface area contributed by atoms with Gasteiger partial charge in [-0.2, -0.15) is 0 Å². The van der Waals surface area contributed by atoms with Gasteiger partial charge in [-0.15, -0.1) is 0 Å². The van der Waals surface area contributed by atoms with Crippen molar-refractivity contribution in [3.05, 3.63) is 89.5 Å². The Hall–Kier alpha value is -1.91. The second-order valence-corrected chi connectivity index (χ2v) is 9.82. The van der Waals surface area contributed by atoms with E-state index in [1.807, 2.05) is 0 Å². The Morgan fingerprint density at radius 3 is 1.00 bits per heavy atom. The van der Waals surface area contributed by atoms with E-state index in [9.17, 15) is 0 Å². The van der Waals surface area contributed by atoms with Gasteiger partial charge in [-0.3, -0.25) is 0 Å². The summed E-state index contributed by atoms with van der Waals surface area (Å²) in [6.07, 6.45) is 0. The van der Waals surface area contributed by atoms with Crippen molar-refractivity contribution in [3.8, 4) is 0 Å². The molecule has 3 aromatic carbocycles. The molecule has 1 heteroatoms. The third-order valence-corrected chi connectivity index (χ3v) is 9.19. The Morgan fingerprint density at radius 1 is 0.478 bits per heavy atom. The van der Waals surface area contributed by atoms with Crippen LogP contribution in [0.2, 0.25) is 0 Å². The van der Waals surface area contributed by atoms with E-state index in [1.54, 1.807) is 0 Å². The number of hydrogen-bond donors (Lipinski definition) is 0. The van der Waals surface area contributed by atoms with Crippen LogP contribution in [0.15, 0.2) is 72.8 Å². The molecule has 0 fully saturated rings. The van der Waals surface area contributed by atoms with E-state index in [-0.39, 0.29) is 0 Å². The fourth-order valence-electron chi connectivity index (χ4n) is 3.58. The Balaban J connectivity index is 2.38. The van der Waals surface area contributed by atoms with Gasteiger partial charge in [-0.25, -0.2) is 0 Å². The quantitative estimate of drug-likeness (QED) is 0.622. The van der Waals surface area contributed by atoms with E-state index in [0.29, 0.717) is 0 Å². The van der Waals surface area contributed by atoms with Gasteiger partial charge in [-0.05, 0) is 55.7 Å². The summed E-state index contributed by atoms with van der Waals surface area (Å²) >= 11 is 0. The predicted molar refractivity (Wildman–Crippen MR) is 105 cm³/mol. The minimum Gasteiger partial charge on any atom is -0.0617 e. The van der Waals surface area contributed by atoms with Crippen LogP contribution >= 0.6 is 7.26 Å². The highest BCUT2D eigenvalue weighted by Gasteiger charge is 2.43. The van der Waals surface area contributed by atoms with Crippen molar-refractivity contribution in [1.82, 2.24) is 0 Å². The maximum Gasteiger partial charge on any atom is 0.110 e. The lowest BCUT2D eigenvalue weighted by molar-refractivity contribution is 1.48. The Labute approximate surface area is 140 Å². The zero-order valence-corrected chi connectivity index (χ0v) is 15.3. The second kappa shape index (κ2) is 6.30. The van der Waals surface area contributed by atoms with Crippen molar-refractivity contribution >= 4 is 23.2 Å². The number of rotatable bonds is 3. The molecule has 0 aromatic heterocycles. The highest BCUT2D eigenvalue weighted by Crippen LogP contribution is 2.53. The third kappa shape index (κ3) is 2.73. The minimum absolute atomic E-state index is 1.38. The first-order chi connectivity index (χ1) is 11.0. The van der Waals surface area contributed by atoms with Crippen LogP contribution in [0, 0.1) is 20.8 Å². The van der Waals surface area contributed by atoms with Gasteiger partial charge in [0.1, 0.15) is 23.2 Å². The van der Waals surface area contributed by atoms with Crippen LogP contribution < -0.4 is 15.9 Å². The lowest BCUT2D eigenvalue weighted by Crippen LogP contribution is -2.34. The van der Waals surface area contributed by atoms with Crippen molar-refractivity contribution in [2.24, 2.45) is 0 Å². The topological polar surface area (TPSA) is 0 Å². The monoisotopic (exact) mass is 319 g/mol. The van der Waals surface area contributed by atoms with E-state index in [2.05, 4.69) is 100 Å². The van der Waals surface area contributed by atoms with Crippen LogP contribution in [0.4, 0.5) is 0 Å². The summed E-state index contributed by atoms with van der Waals surface area (Å²) in [4.78, 5) is 0. The molecule has 0 saturated carbocycles. The molecule has 0 aliphatic rings. The highest BCUT2D eigenvalue weighted by atomic mass is 31.2. The zero-order valence-electron chi connectivity index (χ0n) is 14.4. The third-order valence-electron chi connectivity index (χ3n) is 4.79. The van der Waals surface area contributed by atoms with Gasteiger partial charge >= 0.3 is 0 Å². The normalized spacial score (nSPS) is 11.5. The lowest BCUT2D eigenvalue weighted by Gasteiger charge is -2.27. The van der Waals surface area contributed by atoms with Crippen LogP contribution in [0.3, 0.4) is 0 Å². The fraction of sp³-hybridized carbons (Fsp3) is 0.182. The molecule has 0 aliphatic carbocycles. The van der Waals surface area contributed by atoms with E-state index in [1.165, 1.54) is 32.6 Å². The molecule has 0 amide bonds. The van der Waals surface area contributed by atoms with Gasteiger partial charge in [0.15, 0.2) is 0 Å². The summed E-state index contributed by atoms with van der Waals surface area (Å²) in [5.74, 6) is 0. The van der Waals surface area contributed by atoms with Crippen molar-refractivity contribution in [1.29, 1.82) is 0 Å². The highest BCUT2D eigenvalue weighted by molar-refractivity contribution is 7.95. The summed E-state index contributed by atoms with van der Waals surface area (Å²) in [5, 5.41) is 4.47. The molecule has 0 heterocycles. The summed E-state index contributed by atoms with van der Waals surface area (Å²) in [7, 11) is -1.64. The first-order valence-electron chi connectivity index (χ1n) is 8.10. The van der Waals surface area contributed by atoms with Gasteiger partial charge < -0.3 is 0 Å². The Morgan fingerprint density at radius 2 is 0.739 bits per heavy atom. The fourth-order valence-corrected chi connectivity index (χ4v) is 7.86. The van der Waals surface area contributed by atoms with Gasteiger partial charge in [0.2, 0.25) is 0 Å². The van der Waals surface area contributed by atoms with Gasteiger partial charge in [-0.1, -0.05) is 54.6 Å². The molecule has 3 rings (SSSR count). The standard InChI is InChI=1S/C22H24P/c1-17-11-5-8-14-20(17)23(4,21-15-9-6-12-18(21)2)22-16-10-7-13-19(22)3/h5-16H,1-4H3/q+1. The molecule has 116 valence electrons. The van der Waals surface area contributed by atoms with Gasteiger partial charge in [0.05, 0.1) is 6.66 Å². The SMILES string of the molecule is Cc1ccccc1[P+](C)(c1ccccc1C)c1ccccc1C. The summed E-state index contributed by atoms with van der Waals surface area (Å²) < 4.78 is 0. The molecular weight excluding hydrogens is 295 g/mol. The zero-order chi connectivity index (χ0) is 16.4. The molecule has 0 unspecified atom stereocenters. The molecule has 0 radical (unpaired) electrons. The predicted octanol–water partition coefficient (Wildman–Crippen LogP) is 4.54. The number of benzene rings is 3. The molecule has 0 bridgehead atoms. The summed E-state index contributed by atoms with van der Waals surface area (Å²) in [5.41, 5.74) is 4.15. The smallest absolute Gasteiger partial charge is 0.0617 e.